The van der Waals surface area contributed by atoms with Crippen molar-refractivity contribution in [2.24, 2.45) is 0 Å². The van der Waals surface area contributed by atoms with Crippen LogP contribution in [0.25, 0.3) is 22.3 Å². The molecule has 2 aromatic carbocycles. The summed E-state index contributed by atoms with van der Waals surface area (Å²) >= 11 is 0. The van der Waals surface area contributed by atoms with E-state index in [4.69, 9.17) is 15.6 Å². The Morgan fingerprint density at radius 3 is 2.78 bits per heavy atom. The number of halogens is 1. The van der Waals surface area contributed by atoms with Gasteiger partial charge in [0.15, 0.2) is 5.65 Å². The minimum Gasteiger partial charge on any atom is -0.457 e. The number of likely N-dealkylation sites (tertiary alicyclic amines) is 1. The van der Waals surface area contributed by atoms with Crippen LogP contribution >= 0.6 is 0 Å². The molecule has 2 aliphatic heterocycles. The van der Waals surface area contributed by atoms with E-state index in [9.17, 15) is 10.1 Å². The van der Waals surface area contributed by atoms with E-state index in [1.807, 2.05) is 18.2 Å². The van der Waals surface area contributed by atoms with E-state index < -0.39 is 5.82 Å². The van der Waals surface area contributed by atoms with Crippen LogP contribution in [0.5, 0.6) is 11.5 Å². The highest BCUT2D eigenvalue weighted by atomic mass is 19.1. The number of carbonyl (C=O) groups is 1. The van der Waals surface area contributed by atoms with Gasteiger partial charge in [0.05, 0.1) is 18.0 Å². The molecule has 11 heteroatoms. The Morgan fingerprint density at radius 1 is 1.17 bits per heavy atom. The van der Waals surface area contributed by atoms with Crippen LogP contribution in [0, 0.1) is 17.1 Å². The van der Waals surface area contributed by atoms with Gasteiger partial charge in [-0.3, -0.25) is 4.79 Å². The number of aromatic nitrogens is 4. The molecule has 2 aliphatic rings. The third kappa shape index (κ3) is 5.34. The van der Waals surface area contributed by atoms with E-state index >= 15 is 4.39 Å². The molecule has 0 unspecified atom stereocenters. The summed E-state index contributed by atoms with van der Waals surface area (Å²) in [4.78, 5) is 23.7. The molecular formula is C30H29FN8O2. The molecular weight excluding hydrogens is 523 g/mol. The zero-order valence-corrected chi connectivity index (χ0v) is 22.3. The second-order valence-electron chi connectivity index (χ2n) is 10.2. The minimum absolute atomic E-state index is 0.0336. The number of nitrogens with zero attached hydrogens (tertiary/aromatic N) is 6. The minimum atomic E-state index is -0.532. The third-order valence-corrected chi connectivity index (χ3v) is 7.57. The van der Waals surface area contributed by atoms with E-state index in [0.717, 1.165) is 32.2 Å². The molecule has 6 rings (SSSR count). The fourth-order valence-electron chi connectivity index (χ4n) is 5.58. The number of anilines is 1. The standard InChI is InChI=1S/C30H29FN8O2/c31-25-15-23(41-22-8-2-1-3-9-22)10-11-24(25)27-26-28(33)35-18-36-29(26)39(37-27)17-21-7-5-13-38(21)30(40)19(16-32)14-20-6-4-12-34-20/h1-3,8-11,14-15,18,20-21,34H,4-7,12-13,17H2,(H2,33,35,36)/t20-,21+/m0/s1. The van der Waals surface area contributed by atoms with Gasteiger partial charge in [-0.25, -0.2) is 19.0 Å². The summed E-state index contributed by atoms with van der Waals surface area (Å²) in [6.07, 6.45) is 6.55. The van der Waals surface area contributed by atoms with Crippen LogP contribution in [0.1, 0.15) is 25.7 Å². The summed E-state index contributed by atoms with van der Waals surface area (Å²) < 4.78 is 22.9. The van der Waals surface area contributed by atoms with E-state index in [0.29, 0.717) is 41.3 Å². The number of amides is 1. The molecule has 2 fully saturated rings. The highest BCUT2D eigenvalue weighted by Gasteiger charge is 2.33. The van der Waals surface area contributed by atoms with Crippen molar-refractivity contribution in [2.75, 3.05) is 18.8 Å². The number of rotatable bonds is 7. The maximum Gasteiger partial charge on any atom is 0.264 e. The van der Waals surface area contributed by atoms with Crippen molar-refractivity contribution in [3.8, 4) is 28.8 Å². The van der Waals surface area contributed by atoms with Gasteiger partial charge in [-0.2, -0.15) is 10.4 Å². The van der Waals surface area contributed by atoms with Crippen molar-refractivity contribution < 1.29 is 13.9 Å². The first-order valence-electron chi connectivity index (χ1n) is 13.7. The Labute approximate surface area is 236 Å². The Hall–Kier alpha value is -4.82. The molecule has 0 bridgehead atoms. The molecule has 2 aromatic heterocycles. The summed E-state index contributed by atoms with van der Waals surface area (Å²) in [6, 6.07) is 15.6. The summed E-state index contributed by atoms with van der Waals surface area (Å²) in [5, 5.41) is 18.2. The second-order valence-corrected chi connectivity index (χ2v) is 10.2. The summed E-state index contributed by atoms with van der Waals surface area (Å²) in [5.74, 6) is 0.305. The van der Waals surface area contributed by atoms with Crippen molar-refractivity contribution in [2.45, 2.75) is 44.3 Å². The number of nitriles is 1. The van der Waals surface area contributed by atoms with Gasteiger partial charge < -0.3 is 20.7 Å². The number of para-hydroxylation sites is 1. The number of hydrogen-bond acceptors (Lipinski definition) is 8. The lowest BCUT2D eigenvalue weighted by Gasteiger charge is -2.24. The van der Waals surface area contributed by atoms with Gasteiger partial charge in [-0.05, 0) is 62.6 Å². The quantitative estimate of drug-likeness (QED) is 0.257. The van der Waals surface area contributed by atoms with Gasteiger partial charge >= 0.3 is 0 Å². The van der Waals surface area contributed by atoms with Crippen molar-refractivity contribution in [3.63, 3.8) is 0 Å². The molecule has 0 saturated carbocycles. The van der Waals surface area contributed by atoms with Crippen LogP contribution in [0.15, 0.2) is 66.5 Å². The molecule has 2 atom stereocenters. The highest BCUT2D eigenvalue weighted by Crippen LogP contribution is 2.35. The van der Waals surface area contributed by atoms with Crippen LogP contribution in [0.2, 0.25) is 0 Å². The Bertz CT molecular complexity index is 1660. The molecule has 1 amide bonds. The molecule has 0 spiro atoms. The number of nitrogens with one attached hydrogen (secondary N) is 1. The Balaban J connectivity index is 1.30. The lowest BCUT2D eigenvalue weighted by Crippen LogP contribution is -2.39. The maximum absolute atomic E-state index is 15.5. The SMILES string of the molecule is N#CC(=C[C@@H]1CCCN1)C(=O)N1CCC[C@@H]1Cn1nc(-c2ccc(Oc3ccccc3)cc2F)c2c(N)ncnc21. The van der Waals surface area contributed by atoms with Gasteiger partial charge in [0.2, 0.25) is 0 Å². The fraction of sp³-hybridized carbons (Fsp3) is 0.300. The number of nitrogen functional groups attached to an aromatic ring is 1. The molecule has 4 aromatic rings. The van der Waals surface area contributed by atoms with Gasteiger partial charge in [-0.15, -0.1) is 0 Å². The Kier molecular flexibility index (Phi) is 7.31. The van der Waals surface area contributed by atoms with Crippen LogP contribution in [0.3, 0.4) is 0 Å². The number of ether oxygens (including phenoxy) is 1. The van der Waals surface area contributed by atoms with Crippen molar-refractivity contribution in [1.82, 2.24) is 30.0 Å². The normalized spacial score (nSPS) is 19.0. The summed E-state index contributed by atoms with van der Waals surface area (Å²) in [7, 11) is 0. The highest BCUT2D eigenvalue weighted by molar-refractivity contribution is 5.99. The molecule has 4 heterocycles. The van der Waals surface area contributed by atoms with Crippen LogP contribution < -0.4 is 15.8 Å². The van der Waals surface area contributed by atoms with Crippen molar-refractivity contribution in [1.29, 1.82) is 5.26 Å². The van der Waals surface area contributed by atoms with E-state index in [2.05, 4.69) is 21.4 Å². The lowest BCUT2D eigenvalue weighted by atomic mass is 10.1. The monoisotopic (exact) mass is 552 g/mol. The molecule has 0 aliphatic carbocycles. The van der Waals surface area contributed by atoms with Crippen LogP contribution in [-0.4, -0.2) is 55.7 Å². The summed E-state index contributed by atoms with van der Waals surface area (Å²) in [5.41, 5.74) is 7.38. The zero-order chi connectivity index (χ0) is 28.3. The Morgan fingerprint density at radius 2 is 2.02 bits per heavy atom. The molecule has 2 saturated heterocycles. The number of carbonyl (C=O) groups excluding carboxylic acids is 1. The second kappa shape index (κ2) is 11.3. The maximum atomic E-state index is 15.5. The van der Waals surface area contributed by atoms with E-state index in [1.54, 1.807) is 39.9 Å². The molecule has 41 heavy (non-hydrogen) atoms. The fourth-order valence-corrected chi connectivity index (χ4v) is 5.58. The average molecular weight is 553 g/mol. The smallest absolute Gasteiger partial charge is 0.264 e. The van der Waals surface area contributed by atoms with Crippen molar-refractivity contribution >= 4 is 22.8 Å². The van der Waals surface area contributed by atoms with Gasteiger partial charge in [0.1, 0.15) is 46.8 Å². The third-order valence-electron chi connectivity index (χ3n) is 7.57. The van der Waals surface area contributed by atoms with E-state index in [1.165, 1.54) is 12.4 Å². The molecule has 3 N–H and O–H groups in total. The van der Waals surface area contributed by atoms with Crippen LogP contribution in [-0.2, 0) is 11.3 Å². The topological polar surface area (TPSA) is 135 Å². The summed E-state index contributed by atoms with van der Waals surface area (Å²) in [6.45, 7) is 1.74. The molecule has 0 radical (unpaired) electrons. The number of hydrogen-bond donors (Lipinski definition) is 2. The van der Waals surface area contributed by atoms with Gasteiger partial charge in [0, 0.05) is 24.2 Å². The van der Waals surface area contributed by atoms with Crippen LogP contribution in [0.4, 0.5) is 10.2 Å². The van der Waals surface area contributed by atoms with Gasteiger partial charge in [-0.1, -0.05) is 18.2 Å². The largest absolute Gasteiger partial charge is 0.457 e. The molecule has 10 nitrogen and oxygen atoms in total. The predicted molar refractivity (Wildman–Crippen MR) is 151 cm³/mol. The first kappa shape index (κ1) is 26.4. The predicted octanol–water partition coefficient (Wildman–Crippen LogP) is 4.20. The number of nitrogens with two attached hydrogens (primary N) is 1. The number of benzene rings is 2. The first-order valence-corrected chi connectivity index (χ1v) is 13.7. The van der Waals surface area contributed by atoms with Crippen molar-refractivity contribution in [3.05, 3.63) is 72.3 Å². The lowest BCUT2D eigenvalue weighted by molar-refractivity contribution is -0.127. The number of fused-ring (bicyclic) bond motifs is 1. The zero-order valence-electron chi connectivity index (χ0n) is 22.3. The van der Waals surface area contributed by atoms with E-state index in [-0.39, 0.29) is 34.9 Å². The average Bonchev–Trinajstić information content (AvgIpc) is 3.74. The molecule has 208 valence electrons. The van der Waals surface area contributed by atoms with Gasteiger partial charge in [0.25, 0.3) is 5.91 Å². The first-order chi connectivity index (χ1) is 20.0.